The fourth-order valence-corrected chi connectivity index (χ4v) is 5.19. The first-order chi connectivity index (χ1) is 15.4. The lowest BCUT2D eigenvalue weighted by molar-refractivity contribution is 0.0342. The number of aliphatic imine (C=N–C) groups is 1. The molecule has 1 saturated carbocycles. The zero-order valence-electron chi connectivity index (χ0n) is 19.3. The summed E-state index contributed by atoms with van der Waals surface area (Å²) in [6, 6.07) is 8.55. The molecule has 4 rings (SSSR count). The first kappa shape index (κ1) is 23.0. The molecule has 1 aromatic carbocycles. The standard InChI is InChI=1S/C24H33N5O2S/c1-15-20(22-28-19-8-6-5-7-17(19)13-32-22)21(27-18-10-9-16(11-18)12-30)29-23(26-15)25-14-24(2,3)31-4/h5-8,16,18,30H,9-14H2,1-4H3,(H2,25,26,27,29)/t16?,18-/m0/s1. The second-order valence-corrected chi connectivity index (χ2v) is 10.2. The number of anilines is 2. The second-order valence-electron chi connectivity index (χ2n) is 9.21. The van der Waals surface area contributed by atoms with Gasteiger partial charge in [0.25, 0.3) is 0 Å². The Morgan fingerprint density at radius 1 is 1.22 bits per heavy atom. The van der Waals surface area contributed by atoms with Crippen LogP contribution in [-0.4, -0.2) is 52.0 Å². The van der Waals surface area contributed by atoms with Gasteiger partial charge in [-0.1, -0.05) is 18.2 Å². The number of hydrogen-bond acceptors (Lipinski definition) is 8. The van der Waals surface area contributed by atoms with E-state index in [1.807, 2.05) is 26.8 Å². The van der Waals surface area contributed by atoms with Gasteiger partial charge in [0.15, 0.2) is 0 Å². The van der Waals surface area contributed by atoms with Gasteiger partial charge in [0.05, 0.1) is 22.5 Å². The first-order valence-electron chi connectivity index (χ1n) is 11.2. The van der Waals surface area contributed by atoms with Crippen LogP contribution in [0, 0.1) is 12.8 Å². The SMILES string of the molecule is COC(C)(C)CNc1nc(C)c(C2=Nc3ccccc3CS2)c(N[C@H]2CCC(CO)C2)n1. The molecule has 0 amide bonds. The van der Waals surface area contributed by atoms with Crippen LogP contribution in [0.1, 0.15) is 49.9 Å². The molecule has 2 heterocycles. The van der Waals surface area contributed by atoms with Crippen molar-refractivity contribution >= 4 is 34.3 Å². The summed E-state index contributed by atoms with van der Waals surface area (Å²) in [6.45, 7) is 6.91. The van der Waals surface area contributed by atoms with Crippen LogP contribution in [0.5, 0.6) is 0 Å². The van der Waals surface area contributed by atoms with E-state index in [-0.39, 0.29) is 18.2 Å². The van der Waals surface area contributed by atoms with E-state index in [9.17, 15) is 5.11 Å². The molecule has 7 nitrogen and oxygen atoms in total. The highest BCUT2D eigenvalue weighted by Crippen LogP contribution is 2.37. The second kappa shape index (κ2) is 9.77. The maximum Gasteiger partial charge on any atom is 0.225 e. The van der Waals surface area contributed by atoms with Crippen molar-refractivity contribution in [2.24, 2.45) is 10.9 Å². The number of rotatable bonds is 8. The van der Waals surface area contributed by atoms with E-state index in [1.165, 1.54) is 5.56 Å². The summed E-state index contributed by atoms with van der Waals surface area (Å²) < 4.78 is 5.52. The quantitative estimate of drug-likeness (QED) is 0.539. The summed E-state index contributed by atoms with van der Waals surface area (Å²) in [6.07, 6.45) is 3.00. The predicted octanol–water partition coefficient (Wildman–Crippen LogP) is 4.52. The molecule has 2 aromatic rings. The lowest BCUT2D eigenvalue weighted by Crippen LogP contribution is -2.32. The van der Waals surface area contributed by atoms with Crippen molar-refractivity contribution < 1.29 is 9.84 Å². The molecule has 1 aliphatic heterocycles. The Hall–Kier alpha value is -2.16. The van der Waals surface area contributed by atoms with Gasteiger partial charge in [-0.15, -0.1) is 11.8 Å². The third-order valence-corrected chi connectivity index (χ3v) is 7.27. The minimum absolute atomic E-state index is 0.242. The summed E-state index contributed by atoms with van der Waals surface area (Å²) in [5.41, 5.74) is 3.79. The Bertz CT molecular complexity index is 994. The maximum absolute atomic E-state index is 9.56. The normalized spacial score (nSPS) is 20.6. The van der Waals surface area contributed by atoms with E-state index in [0.717, 1.165) is 52.8 Å². The topological polar surface area (TPSA) is 91.7 Å². The lowest BCUT2D eigenvalue weighted by atomic mass is 10.1. The van der Waals surface area contributed by atoms with Gasteiger partial charge in [0.2, 0.25) is 5.95 Å². The Balaban J connectivity index is 1.67. The van der Waals surface area contributed by atoms with Crippen LogP contribution in [0.2, 0.25) is 0 Å². The first-order valence-corrected chi connectivity index (χ1v) is 12.2. The monoisotopic (exact) mass is 455 g/mol. The van der Waals surface area contributed by atoms with Crippen LogP contribution in [-0.2, 0) is 10.5 Å². The average Bonchev–Trinajstić information content (AvgIpc) is 3.25. The molecule has 1 unspecified atom stereocenters. The van der Waals surface area contributed by atoms with E-state index in [1.54, 1.807) is 18.9 Å². The number of nitrogens with one attached hydrogen (secondary N) is 2. The van der Waals surface area contributed by atoms with Gasteiger partial charge in [0, 0.05) is 32.1 Å². The van der Waals surface area contributed by atoms with Gasteiger partial charge in [-0.25, -0.2) is 9.98 Å². The molecule has 1 fully saturated rings. The van der Waals surface area contributed by atoms with E-state index < -0.39 is 0 Å². The van der Waals surface area contributed by atoms with E-state index >= 15 is 0 Å². The Morgan fingerprint density at radius 3 is 2.78 bits per heavy atom. The number of aromatic nitrogens is 2. The number of ether oxygens (including phenoxy) is 1. The van der Waals surface area contributed by atoms with E-state index in [4.69, 9.17) is 19.7 Å². The van der Waals surface area contributed by atoms with Gasteiger partial charge in [-0.3, -0.25) is 0 Å². The van der Waals surface area contributed by atoms with Crippen LogP contribution >= 0.6 is 11.8 Å². The average molecular weight is 456 g/mol. The minimum atomic E-state index is -0.323. The third-order valence-electron chi connectivity index (χ3n) is 6.25. The summed E-state index contributed by atoms with van der Waals surface area (Å²) in [7, 11) is 1.71. The maximum atomic E-state index is 9.56. The molecular weight excluding hydrogens is 422 g/mol. The third kappa shape index (κ3) is 5.24. The largest absolute Gasteiger partial charge is 0.396 e. The van der Waals surface area contributed by atoms with E-state index in [2.05, 4.69) is 28.8 Å². The molecule has 3 N–H and O–H groups in total. The van der Waals surface area contributed by atoms with Gasteiger partial charge in [-0.05, 0) is 57.6 Å². The molecule has 0 bridgehead atoms. The summed E-state index contributed by atoms with van der Waals surface area (Å²) in [4.78, 5) is 14.6. The predicted molar refractivity (Wildman–Crippen MR) is 132 cm³/mol. The van der Waals surface area contributed by atoms with Crippen LogP contribution in [0.4, 0.5) is 17.5 Å². The van der Waals surface area contributed by atoms with Crippen LogP contribution in [0.3, 0.4) is 0 Å². The summed E-state index contributed by atoms with van der Waals surface area (Å²) >= 11 is 1.73. The van der Waals surface area contributed by atoms with Gasteiger partial charge in [-0.2, -0.15) is 4.98 Å². The van der Waals surface area contributed by atoms with Gasteiger partial charge >= 0.3 is 0 Å². The molecule has 32 heavy (non-hydrogen) atoms. The van der Waals surface area contributed by atoms with Crippen LogP contribution in [0.25, 0.3) is 0 Å². The summed E-state index contributed by atoms with van der Waals surface area (Å²) in [5, 5.41) is 17.5. The highest BCUT2D eigenvalue weighted by molar-refractivity contribution is 8.13. The van der Waals surface area contributed by atoms with Crippen molar-refractivity contribution in [3.63, 3.8) is 0 Å². The fraction of sp³-hybridized carbons (Fsp3) is 0.542. The van der Waals surface area contributed by atoms with Crippen molar-refractivity contribution in [3.05, 3.63) is 41.1 Å². The van der Waals surface area contributed by atoms with Crippen molar-refractivity contribution in [3.8, 4) is 0 Å². The Kier molecular flexibility index (Phi) is 7.02. The van der Waals surface area contributed by atoms with Crippen LogP contribution < -0.4 is 10.6 Å². The molecule has 1 aliphatic carbocycles. The van der Waals surface area contributed by atoms with Crippen LogP contribution in [0.15, 0.2) is 29.3 Å². The number of aliphatic hydroxyl groups is 1. The molecule has 0 saturated heterocycles. The number of thioether (sulfide) groups is 1. The molecule has 0 spiro atoms. The van der Waals surface area contributed by atoms with Gasteiger partial charge in [0.1, 0.15) is 10.9 Å². The molecular formula is C24H33N5O2S. The number of nitrogens with zero attached hydrogens (tertiary/aromatic N) is 3. The van der Waals surface area contributed by atoms with Crippen molar-refractivity contribution in [2.75, 3.05) is 30.9 Å². The molecule has 8 heteroatoms. The number of fused-ring (bicyclic) bond motifs is 1. The molecule has 0 radical (unpaired) electrons. The number of aliphatic hydroxyl groups excluding tert-OH is 1. The Morgan fingerprint density at radius 2 is 2.03 bits per heavy atom. The molecule has 2 aliphatic rings. The number of aryl methyl sites for hydroxylation is 1. The zero-order valence-corrected chi connectivity index (χ0v) is 20.1. The number of methoxy groups -OCH3 is 1. The fourth-order valence-electron chi connectivity index (χ4n) is 4.10. The zero-order chi connectivity index (χ0) is 22.7. The van der Waals surface area contributed by atoms with Gasteiger partial charge < -0.3 is 20.5 Å². The summed E-state index contributed by atoms with van der Waals surface area (Å²) in [5.74, 6) is 2.63. The highest BCUT2D eigenvalue weighted by Gasteiger charge is 2.28. The molecule has 172 valence electrons. The number of hydrogen-bond donors (Lipinski definition) is 3. The lowest BCUT2D eigenvalue weighted by Gasteiger charge is -2.25. The Labute approximate surface area is 194 Å². The van der Waals surface area contributed by atoms with Crippen molar-refractivity contribution in [1.82, 2.24) is 9.97 Å². The number of benzene rings is 1. The molecule has 2 atom stereocenters. The highest BCUT2D eigenvalue weighted by atomic mass is 32.2. The van der Waals surface area contributed by atoms with Crippen molar-refractivity contribution in [1.29, 1.82) is 0 Å². The smallest absolute Gasteiger partial charge is 0.225 e. The minimum Gasteiger partial charge on any atom is -0.396 e. The number of para-hydroxylation sites is 1. The van der Waals surface area contributed by atoms with E-state index in [0.29, 0.717) is 18.4 Å². The van der Waals surface area contributed by atoms with Crippen molar-refractivity contribution in [2.45, 2.75) is 57.4 Å². The molecule has 1 aromatic heterocycles.